The first-order chi connectivity index (χ1) is 10.8. The summed E-state index contributed by atoms with van der Waals surface area (Å²) in [7, 11) is -4.68. The maximum absolute atomic E-state index is 12.1. The fraction of sp³-hybridized carbons (Fsp3) is 0.500. The zero-order valence-electron chi connectivity index (χ0n) is 11.6. The van der Waals surface area contributed by atoms with Gasteiger partial charge in [0, 0.05) is 6.42 Å². The first kappa shape index (κ1) is 16.1. The van der Waals surface area contributed by atoms with Gasteiger partial charge in [-0.1, -0.05) is 0 Å². The molecule has 3 heterocycles. The summed E-state index contributed by atoms with van der Waals surface area (Å²) < 4.78 is 21.7. The average Bonchev–Trinajstić information content (AvgIpc) is 2.96. The van der Waals surface area contributed by atoms with Crippen LogP contribution >= 0.6 is 7.82 Å². The molecule has 0 saturated carbocycles. The second-order valence-electron chi connectivity index (χ2n) is 4.98. The molecule has 0 aliphatic carbocycles. The van der Waals surface area contributed by atoms with Gasteiger partial charge in [-0.3, -0.25) is 4.52 Å². The fourth-order valence-corrected chi connectivity index (χ4v) is 2.76. The quantitative estimate of drug-likeness (QED) is 0.406. The minimum absolute atomic E-state index is 0.0198. The number of aromatic nitrogens is 4. The van der Waals surface area contributed by atoms with Crippen LogP contribution in [0.4, 0.5) is 5.82 Å². The van der Waals surface area contributed by atoms with Crippen molar-refractivity contribution in [1.29, 1.82) is 0 Å². The maximum Gasteiger partial charge on any atom is 0.469 e. The lowest BCUT2D eigenvalue weighted by molar-refractivity contribution is -0.0433. The van der Waals surface area contributed by atoms with Crippen molar-refractivity contribution in [2.24, 2.45) is 0 Å². The van der Waals surface area contributed by atoms with Crippen molar-refractivity contribution in [1.82, 2.24) is 19.5 Å². The Morgan fingerprint density at radius 3 is 2.96 bits per heavy atom. The molecule has 1 saturated heterocycles. The second-order valence-corrected chi connectivity index (χ2v) is 6.22. The number of aliphatic hydroxyl groups excluding tert-OH is 1. The van der Waals surface area contributed by atoms with E-state index >= 15 is 0 Å². The molecule has 13 heteroatoms. The molecule has 2 aromatic rings. The van der Waals surface area contributed by atoms with Gasteiger partial charge in [0.05, 0.1) is 12.7 Å². The predicted octanol–water partition coefficient (Wildman–Crippen LogP) is -1.54. The molecule has 1 aliphatic heterocycles. The van der Waals surface area contributed by atoms with E-state index in [0.717, 1.165) is 4.57 Å². The largest absolute Gasteiger partial charge is 0.469 e. The van der Waals surface area contributed by atoms with Crippen LogP contribution < -0.4 is 11.4 Å². The van der Waals surface area contributed by atoms with Crippen molar-refractivity contribution in [2.75, 3.05) is 12.3 Å². The van der Waals surface area contributed by atoms with Gasteiger partial charge in [0.15, 0.2) is 11.5 Å². The molecule has 126 valence electrons. The van der Waals surface area contributed by atoms with Gasteiger partial charge in [-0.2, -0.15) is 0 Å². The molecule has 3 atom stereocenters. The van der Waals surface area contributed by atoms with Gasteiger partial charge in [-0.05, 0) is 0 Å². The van der Waals surface area contributed by atoms with Crippen LogP contribution in [0.3, 0.4) is 0 Å². The number of nitrogens with zero attached hydrogens (tertiary/aromatic N) is 3. The van der Waals surface area contributed by atoms with Crippen molar-refractivity contribution in [2.45, 2.75) is 24.9 Å². The van der Waals surface area contributed by atoms with Crippen LogP contribution in [0, 0.1) is 0 Å². The number of ether oxygens (including phenoxy) is 1. The number of nitrogens with two attached hydrogens (primary N) is 1. The molecular weight excluding hydrogens is 333 g/mol. The van der Waals surface area contributed by atoms with Crippen molar-refractivity contribution in [3.8, 4) is 0 Å². The Labute approximate surface area is 128 Å². The third-order valence-electron chi connectivity index (χ3n) is 3.43. The number of imidazole rings is 1. The smallest absolute Gasteiger partial charge is 0.390 e. The minimum atomic E-state index is -4.68. The van der Waals surface area contributed by atoms with Crippen LogP contribution in [0.25, 0.3) is 11.2 Å². The van der Waals surface area contributed by atoms with E-state index in [1.807, 2.05) is 0 Å². The number of phosphoric ester groups is 1. The first-order valence-electron chi connectivity index (χ1n) is 6.50. The van der Waals surface area contributed by atoms with Gasteiger partial charge < -0.3 is 30.3 Å². The van der Waals surface area contributed by atoms with Gasteiger partial charge in [-0.25, -0.2) is 23.9 Å². The van der Waals surface area contributed by atoms with E-state index in [0.29, 0.717) is 0 Å². The van der Waals surface area contributed by atoms with Gasteiger partial charge in [0.25, 0.3) is 0 Å². The number of nitrogens with one attached hydrogen (secondary N) is 1. The lowest BCUT2D eigenvalue weighted by Gasteiger charge is -2.15. The molecule has 0 radical (unpaired) electrons. The number of aliphatic hydroxyl groups is 1. The minimum Gasteiger partial charge on any atom is -0.390 e. The van der Waals surface area contributed by atoms with Gasteiger partial charge in [0.2, 0.25) is 0 Å². The number of rotatable bonds is 4. The summed E-state index contributed by atoms with van der Waals surface area (Å²) in [5.74, 6) is 0.0887. The number of hydrogen-bond donors (Lipinski definition) is 5. The summed E-state index contributed by atoms with van der Waals surface area (Å²) in [5, 5.41) is 9.93. The van der Waals surface area contributed by atoms with Crippen molar-refractivity contribution in [3.63, 3.8) is 0 Å². The number of fused-ring (bicyclic) bond motifs is 1. The number of anilines is 1. The monoisotopic (exact) mass is 347 g/mol. The molecule has 1 fully saturated rings. The molecule has 0 spiro atoms. The van der Waals surface area contributed by atoms with Crippen LogP contribution in [0.1, 0.15) is 12.6 Å². The highest BCUT2D eigenvalue weighted by Crippen LogP contribution is 2.38. The lowest BCUT2D eigenvalue weighted by Crippen LogP contribution is -2.26. The van der Waals surface area contributed by atoms with E-state index in [1.165, 1.54) is 6.33 Å². The molecule has 0 amide bonds. The maximum atomic E-state index is 12.1. The Morgan fingerprint density at radius 2 is 2.26 bits per heavy atom. The average molecular weight is 347 g/mol. The SMILES string of the molecule is Nc1ncnc2c1[nH]c(=O)n2[C@H]1CC(O)[C@@H](COP(=O)(O)O)O1. The highest BCUT2D eigenvalue weighted by atomic mass is 31.2. The van der Waals surface area contributed by atoms with Crippen molar-refractivity contribution >= 4 is 24.8 Å². The Kier molecular flexibility index (Phi) is 3.96. The van der Waals surface area contributed by atoms with E-state index in [2.05, 4.69) is 19.5 Å². The van der Waals surface area contributed by atoms with Crippen LogP contribution in [0.15, 0.2) is 11.1 Å². The Morgan fingerprint density at radius 1 is 1.52 bits per heavy atom. The molecule has 23 heavy (non-hydrogen) atoms. The fourth-order valence-electron chi connectivity index (χ4n) is 2.42. The molecule has 0 aromatic carbocycles. The third kappa shape index (κ3) is 3.13. The highest BCUT2D eigenvalue weighted by molar-refractivity contribution is 7.46. The van der Waals surface area contributed by atoms with E-state index in [-0.39, 0.29) is 23.4 Å². The predicted molar refractivity (Wildman–Crippen MR) is 75.1 cm³/mol. The zero-order chi connectivity index (χ0) is 16.8. The number of hydrogen-bond acceptors (Lipinski definition) is 8. The van der Waals surface area contributed by atoms with Crippen LogP contribution in [0.2, 0.25) is 0 Å². The van der Waals surface area contributed by atoms with Crippen LogP contribution in [-0.4, -0.2) is 53.2 Å². The summed E-state index contributed by atoms with van der Waals surface area (Å²) in [6, 6.07) is 0. The van der Waals surface area contributed by atoms with E-state index < -0.39 is 38.6 Å². The van der Waals surface area contributed by atoms with Crippen LogP contribution in [0.5, 0.6) is 0 Å². The van der Waals surface area contributed by atoms with E-state index in [4.69, 9.17) is 20.3 Å². The van der Waals surface area contributed by atoms with Crippen LogP contribution in [-0.2, 0) is 13.8 Å². The van der Waals surface area contributed by atoms with E-state index in [1.54, 1.807) is 0 Å². The molecule has 6 N–H and O–H groups in total. The number of phosphoric acid groups is 1. The topological polar surface area (TPSA) is 186 Å². The molecule has 12 nitrogen and oxygen atoms in total. The Balaban J connectivity index is 1.87. The summed E-state index contributed by atoms with van der Waals surface area (Å²) in [6.45, 7) is -0.518. The van der Waals surface area contributed by atoms with Gasteiger partial charge >= 0.3 is 13.5 Å². The molecule has 1 unspecified atom stereocenters. The lowest BCUT2D eigenvalue weighted by atomic mass is 10.2. The summed E-state index contributed by atoms with van der Waals surface area (Å²) in [4.78, 5) is 39.7. The molecule has 1 aliphatic rings. The molecule has 0 bridgehead atoms. The number of nitrogen functional groups attached to an aromatic ring is 1. The normalized spacial score (nSPS) is 25.3. The zero-order valence-corrected chi connectivity index (χ0v) is 12.5. The van der Waals surface area contributed by atoms with Gasteiger partial charge in [0.1, 0.15) is 24.2 Å². The number of aromatic amines is 1. The first-order valence-corrected chi connectivity index (χ1v) is 8.03. The standard InChI is InChI=1S/C10H14N5O7P/c11-8-7-9(13-3-12-8)15(10(17)14-7)6-1-4(16)5(22-6)2-21-23(18,19)20/h3-6,16H,1-2H2,(H,14,17)(H2,11,12,13)(H2,18,19,20)/t4?,5-,6-/m1/s1. The van der Waals surface area contributed by atoms with E-state index in [9.17, 15) is 14.5 Å². The Hall–Kier alpha value is -1.82. The third-order valence-corrected chi connectivity index (χ3v) is 3.92. The van der Waals surface area contributed by atoms with Gasteiger partial charge in [-0.15, -0.1) is 0 Å². The van der Waals surface area contributed by atoms with Crippen molar-refractivity contribution < 1.29 is 28.7 Å². The van der Waals surface area contributed by atoms with Crippen molar-refractivity contribution in [3.05, 3.63) is 16.8 Å². The summed E-state index contributed by atoms with van der Waals surface area (Å²) in [6.07, 6.45) is -1.75. The second kappa shape index (κ2) is 5.67. The summed E-state index contributed by atoms with van der Waals surface area (Å²) >= 11 is 0. The Bertz CT molecular complexity index is 829. The number of H-pyrrole nitrogens is 1. The summed E-state index contributed by atoms with van der Waals surface area (Å²) in [5.41, 5.74) is 5.55. The molecular formula is C10H14N5O7P. The molecule has 2 aromatic heterocycles. The highest BCUT2D eigenvalue weighted by Gasteiger charge is 2.38. The molecule has 3 rings (SSSR count).